The third kappa shape index (κ3) is 4.37. The average Bonchev–Trinajstić information content (AvgIpc) is 3.28. The molecule has 1 saturated heterocycles. The van der Waals surface area contributed by atoms with E-state index in [-0.39, 0.29) is 0 Å². The Morgan fingerprint density at radius 1 is 1.25 bits per heavy atom. The Kier molecular flexibility index (Phi) is 5.54. The number of nitrogens with zero attached hydrogens (tertiary/aromatic N) is 6. The fourth-order valence-electron chi connectivity index (χ4n) is 2.91. The summed E-state index contributed by atoms with van der Waals surface area (Å²) in [7, 11) is 3.76. The minimum absolute atomic E-state index is 0.458. The van der Waals surface area contributed by atoms with Gasteiger partial charge in [-0.05, 0) is 13.5 Å². The van der Waals surface area contributed by atoms with Crippen molar-refractivity contribution in [2.45, 2.75) is 38.9 Å². The smallest absolute Gasteiger partial charge is 0.240 e. The van der Waals surface area contributed by atoms with Gasteiger partial charge < -0.3 is 13.8 Å². The van der Waals surface area contributed by atoms with E-state index in [0.717, 1.165) is 25.3 Å². The van der Waals surface area contributed by atoms with Crippen LogP contribution < -0.4 is 0 Å². The van der Waals surface area contributed by atoms with Crippen LogP contribution in [0.1, 0.15) is 29.9 Å². The maximum Gasteiger partial charge on any atom is 0.240 e. The molecule has 0 spiro atoms. The van der Waals surface area contributed by atoms with Gasteiger partial charge in [0.25, 0.3) is 0 Å². The fraction of sp³-hybridized carbons (Fsp3) is 0.733. The molecule has 0 bridgehead atoms. The van der Waals surface area contributed by atoms with Crippen molar-refractivity contribution < 1.29 is 13.8 Å². The number of hydrogen-bond donors (Lipinski definition) is 0. The van der Waals surface area contributed by atoms with Crippen LogP contribution in [0.4, 0.5) is 0 Å². The highest BCUT2D eigenvalue weighted by molar-refractivity contribution is 4.91. The van der Waals surface area contributed by atoms with Crippen molar-refractivity contribution in [2.24, 2.45) is 0 Å². The summed E-state index contributed by atoms with van der Waals surface area (Å²) in [5, 5.41) is 7.93. The van der Waals surface area contributed by atoms with Crippen LogP contribution in [-0.2, 0) is 24.2 Å². The first kappa shape index (κ1) is 17.0. The molecule has 1 fully saturated rings. The predicted molar refractivity (Wildman–Crippen MR) is 84.1 cm³/mol. The molecule has 0 aliphatic carbocycles. The molecule has 0 aromatic carbocycles. The second kappa shape index (κ2) is 7.82. The quantitative estimate of drug-likeness (QED) is 0.689. The molecule has 0 radical (unpaired) electrons. The van der Waals surface area contributed by atoms with E-state index in [1.54, 1.807) is 14.0 Å². The molecule has 24 heavy (non-hydrogen) atoms. The summed E-state index contributed by atoms with van der Waals surface area (Å²) >= 11 is 0. The Morgan fingerprint density at radius 3 is 2.83 bits per heavy atom. The van der Waals surface area contributed by atoms with Crippen LogP contribution in [-0.4, -0.2) is 70.0 Å². The minimum Gasteiger partial charge on any atom is -0.384 e. The highest BCUT2D eigenvalue weighted by Gasteiger charge is 2.27. The van der Waals surface area contributed by atoms with E-state index in [1.165, 1.54) is 0 Å². The van der Waals surface area contributed by atoms with Crippen molar-refractivity contribution in [3.63, 3.8) is 0 Å². The topological polar surface area (TPSA) is 93.6 Å². The third-order valence-corrected chi connectivity index (χ3v) is 4.23. The summed E-state index contributed by atoms with van der Waals surface area (Å²) in [6.45, 7) is 5.76. The van der Waals surface area contributed by atoms with Gasteiger partial charge in [-0.25, -0.2) is 0 Å². The summed E-state index contributed by atoms with van der Waals surface area (Å²) in [5.74, 6) is 2.70. The summed E-state index contributed by atoms with van der Waals surface area (Å²) in [6.07, 6.45) is 1.77. The second-order valence-corrected chi connectivity index (χ2v) is 6.17. The Labute approximate surface area is 141 Å². The lowest BCUT2D eigenvalue weighted by Gasteiger charge is -2.22. The zero-order valence-corrected chi connectivity index (χ0v) is 14.4. The SMILES string of the molecule is COCCc1noc(CN2CCC(N(C)Cc3noc(C)n3)C2)n1. The summed E-state index contributed by atoms with van der Waals surface area (Å²) < 4.78 is 15.4. The van der Waals surface area contributed by atoms with Gasteiger partial charge in [-0.3, -0.25) is 9.80 Å². The van der Waals surface area contributed by atoms with Crippen molar-refractivity contribution in [3.8, 4) is 0 Å². The zero-order chi connectivity index (χ0) is 16.9. The number of aryl methyl sites for hydroxylation is 1. The molecule has 9 nitrogen and oxygen atoms in total. The second-order valence-electron chi connectivity index (χ2n) is 6.17. The molecule has 3 heterocycles. The molecule has 132 valence electrons. The van der Waals surface area contributed by atoms with E-state index < -0.39 is 0 Å². The predicted octanol–water partition coefficient (Wildman–Crippen LogP) is 0.656. The number of aromatic nitrogens is 4. The molecule has 2 aromatic rings. The molecule has 0 saturated carbocycles. The van der Waals surface area contributed by atoms with E-state index in [1.807, 2.05) is 0 Å². The van der Waals surface area contributed by atoms with Crippen molar-refractivity contribution in [1.82, 2.24) is 30.1 Å². The van der Waals surface area contributed by atoms with Gasteiger partial charge in [0.05, 0.1) is 19.7 Å². The molecule has 9 heteroatoms. The van der Waals surface area contributed by atoms with Crippen LogP contribution in [0.15, 0.2) is 9.05 Å². The molecule has 1 atom stereocenters. The van der Waals surface area contributed by atoms with Crippen molar-refractivity contribution >= 4 is 0 Å². The first-order valence-electron chi connectivity index (χ1n) is 8.16. The van der Waals surface area contributed by atoms with E-state index in [9.17, 15) is 0 Å². The molecule has 1 unspecified atom stereocenters. The maximum absolute atomic E-state index is 5.31. The zero-order valence-electron chi connectivity index (χ0n) is 14.4. The largest absolute Gasteiger partial charge is 0.384 e. The lowest BCUT2D eigenvalue weighted by molar-refractivity contribution is 0.199. The number of hydrogen-bond acceptors (Lipinski definition) is 9. The summed E-state index contributed by atoms with van der Waals surface area (Å²) in [5.41, 5.74) is 0. The Hall–Kier alpha value is -1.84. The van der Waals surface area contributed by atoms with Crippen LogP contribution >= 0.6 is 0 Å². The standard InChI is InChI=1S/C15H24N6O3/c1-11-16-14(19-23-11)9-20(2)12-4-6-21(8-12)10-15-17-13(18-24-15)5-7-22-3/h12H,4-10H2,1-3H3. The summed E-state index contributed by atoms with van der Waals surface area (Å²) in [4.78, 5) is 13.3. The first-order chi connectivity index (χ1) is 11.6. The molecule has 2 aromatic heterocycles. The number of likely N-dealkylation sites (N-methyl/N-ethyl adjacent to an activating group) is 1. The Balaban J connectivity index is 1.47. The van der Waals surface area contributed by atoms with Crippen molar-refractivity contribution in [2.75, 3.05) is 33.9 Å². The van der Waals surface area contributed by atoms with Crippen molar-refractivity contribution in [1.29, 1.82) is 0 Å². The lowest BCUT2D eigenvalue weighted by atomic mass is 10.2. The van der Waals surface area contributed by atoms with Gasteiger partial charge >= 0.3 is 0 Å². The van der Waals surface area contributed by atoms with Crippen molar-refractivity contribution in [3.05, 3.63) is 23.4 Å². The van der Waals surface area contributed by atoms with Gasteiger partial charge in [-0.2, -0.15) is 9.97 Å². The van der Waals surface area contributed by atoms with E-state index in [0.29, 0.717) is 49.8 Å². The van der Waals surface area contributed by atoms with Crippen LogP contribution in [0.3, 0.4) is 0 Å². The molecule has 3 rings (SSSR count). The van der Waals surface area contributed by atoms with Gasteiger partial charge in [0.1, 0.15) is 0 Å². The number of likely N-dealkylation sites (tertiary alicyclic amines) is 1. The highest BCUT2D eigenvalue weighted by Crippen LogP contribution is 2.18. The number of ether oxygens (including phenoxy) is 1. The molecule has 1 aliphatic heterocycles. The van der Waals surface area contributed by atoms with Gasteiger partial charge in [0, 0.05) is 39.6 Å². The Bertz CT molecular complexity index is 643. The Morgan fingerprint density at radius 2 is 2.08 bits per heavy atom. The summed E-state index contributed by atoms with van der Waals surface area (Å²) in [6, 6.07) is 0.458. The van der Waals surface area contributed by atoms with E-state index >= 15 is 0 Å². The molecular weight excluding hydrogens is 312 g/mol. The number of methoxy groups -OCH3 is 1. The van der Waals surface area contributed by atoms with Gasteiger partial charge in [-0.1, -0.05) is 10.3 Å². The van der Waals surface area contributed by atoms with Crippen LogP contribution in [0.5, 0.6) is 0 Å². The van der Waals surface area contributed by atoms with Gasteiger partial charge in [0.15, 0.2) is 11.6 Å². The monoisotopic (exact) mass is 336 g/mol. The lowest BCUT2D eigenvalue weighted by Crippen LogP contribution is -2.34. The molecule has 0 amide bonds. The normalized spacial score (nSPS) is 18.8. The van der Waals surface area contributed by atoms with E-state index in [2.05, 4.69) is 37.1 Å². The van der Waals surface area contributed by atoms with Crippen LogP contribution in [0, 0.1) is 6.92 Å². The van der Waals surface area contributed by atoms with Crippen LogP contribution in [0.25, 0.3) is 0 Å². The minimum atomic E-state index is 0.458. The molecule has 1 aliphatic rings. The highest BCUT2D eigenvalue weighted by atomic mass is 16.5. The average molecular weight is 336 g/mol. The van der Waals surface area contributed by atoms with Gasteiger partial charge in [-0.15, -0.1) is 0 Å². The third-order valence-electron chi connectivity index (χ3n) is 4.23. The fourth-order valence-corrected chi connectivity index (χ4v) is 2.91. The number of rotatable bonds is 8. The molecule has 0 N–H and O–H groups in total. The molecular formula is C15H24N6O3. The maximum atomic E-state index is 5.31. The van der Waals surface area contributed by atoms with Gasteiger partial charge in [0.2, 0.25) is 11.8 Å². The first-order valence-corrected chi connectivity index (χ1v) is 8.16. The van der Waals surface area contributed by atoms with Crippen LogP contribution in [0.2, 0.25) is 0 Å². The van der Waals surface area contributed by atoms with E-state index in [4.69, 9.17) is 13.8 Å².